The summed E-state index contributed by atoms with van der Waals surface area (Å²) < 4.78 is 53.1. The monoisotopic (exact) mass is 616 g/mol. The van der Waals surface area contributed by atoms with Crippen LogP contribution in [0.4, 0.5) is 19.0 Å². The zero-order valence-electron chi connectivity index (χ0n) is 25.4. The summed E-state index contributed by atoms with van der Waals surface area (Å²) in [5, 5.41) is 0.391. The van der Waals surface area contributed by atoms with Crippen molar-refractivity contribution in [2.45, 2.75) is 52.6 Å². The van der Waals surface area contributed by atoms with E-state index in [-0.39, 0.29) is 58.3 Å². The van der Waals surface area contributed by atoms with E-state index in [1.165, 1.54) is 23.0 Å². The Bertz CT molecular complexity index is 2070. The molecule has 1 aliphatic rings. The lowest BCUT2D eigenvalue weighted by molar-refractivity contribution is -0.128. The molecule has 0 spiro atoms. The van der Waals surface area contributed by atoms with Crippen LogP contribution >= 0.6 is 0 Å². The summed E-state index contributed by atoms with van der Waals surface area (Å²) in [4.78, 5) is 43.6. The van der Waals surface area contributed by atoms with Crippen LogP contribution in [0.25, 0.3) is 38.9 Å². The first-order valence-electron chi connectivity index (χ1n) is 14.6. The highest BCUT2D eigenvalue weighted by atomic mass is 19.2. The van der Waals surface area contributed by atoms with Crippen molar-refractivity contribution in [3.05, 3.63) is 88.6 Å². The maximum absolute atomic E-state index is 16.2. The molecule has 1 saturated heterocycles. The van der Waals surface area contributed by atoms with Crippen molar-refractivity contribution in [3.8, 4) is 16.9 Å². The highest BCUT2D eigenvalue weighted by Gasteiger charge is 2.34. The van der Waals surface area contributed by atoms with E-state index in [9.17, 15) is 14.0 Å². The molecule has 5 aromatic rings. The Morgan fingerprint density at radius 3 is 2.56 bits per heavy atom. The Hall–Kier alpha value is -5.00. The van der Waals surface area contributed by atoms with Gasteiger partial charge >= 0.3 is 5.69 Å². The van der Waals surface area contributed by atoms with Crippen molar-refractivity contribution < 1.29 is 22.4 Å². The molecule has 0 bridgehead atoms. The van der Waals surface area contributed by atoms with E-state index in [4.69, 9.17) is 4.42 Å². The Kier molecular flexibility index (Phi) is 7.46. The molecule has 6 rings (SSSR count). The van der Waals surface area contributed by atoms with Gasteiger partial charge in [-0.2, -0.15) is 4.98 Å². The predicted octanol–water partition coefficient (Wildman–Crippen LogP) is 6.05. The van der Waals surface area contributed by atoms with Crippen molar-refractivity contribution in [1.82, 2.24) is 24.4 Å². The summed E-state index contributed by atoms with van der Waals surface area (Å²) in [5.41, 5.74) is -0.184. The number of hydrogen-bond donors (Lipinski definition) is 0. The molecule has 1 amide bonds. The number of pyridine rings is 2. The molecule has 1 aromatic carbocycles. The second-order valence-corrected chi connectivity index (χ2v) is 11.7. The number of anilines is 1. The smallest absolute Gasteiger partial charge is 0.355 e. The molecule has 0 radical (unpaired) electrons. The number of amides is 1. The first-order chi connectivity index (χ1) is 21.4. The van der Waals surface area contributed by atoms with Crippen molar-refractivity contribution in [2.75, 3.05) is 18.0 Å². The fourth-order valence-electron chi connectivity index (χ4n) is 6.10. The zero-order chi connectivity index (χ0) is 32.3. The number of carbonyl (C=O) groups is 1. The van der Waals surface area contributed by atoms with Crippen LogP contribution in [0.5, 0.6) is 0 Å². The number of fused-ring (bicyclic) bond motifs is 2. The lowest BCUT2D eigenvalue weighted by Crippen LogP contribution is -2.58. The Morgan fingerprint density at radius 1 is 1.09 bits per heavy atom. The van der Waals surface area contributed by atoms with E-state index in [2.05, 4.69) is 21.5 Å². The third-order valence-electron chi connectivity index (χ3n) is 8.31. The number of hydrogen-bond acceptors (Lipinski definition) is 7. The fraction of sp³-hybridized carbons (Fsp3) is 0.303. The molecular formula is C33H31F3N6O3. The Labute approximate surface area is 256 Å². The minimum Gasteiger partial charge on any atom is -0.464 e. The highest BCUT2D eigenvalue weighted by Crippen LogP contribution is 2.38. The van der Waals surface area contributed by atoms with Gasteiger partial charge in [0.25, 0.3) is 0 Å². The normalized spacial score (nSPS) is 17.1. The van der Waals surface area contributed by atoms with Gasteiger partial charge in [-0.3, -0.25) is 9.78 Å². The summed E-state index contributed by atoms with van der Waals surface area (Å²) in [6, 6.07) is 4.65. The van der Waals surface area contributed by atoms with Crippen molar-refractivity contribution in [1.29, 1.82) is 0 Å². The molecule has 0 N–H and O–H groups in total. The molecule has 0 saturated carbocycles. The summed E-state index contributed by atoms with van der Waals surface area (Å²) in [6.07, 6.45) is 4.13. The molecule has 9 nitrogen and oxygen atoms in total. The summed E-state index contributed by atoms with van der Waals surface area (Å²) in [7, 11) is 0. The van der Waals surface area contributed by atoms with Crippen LogP contribution in [0.15, 0.2) is 58.6 Å². The number of aromatic nitrogens is 4. The van der Waals surface area contributed by atoms with Gasteiger partial charge in [-0.1, -0.05) is 20.4 Å². The first kappa shape index (κ1) is 30.0. The van der Waals surface area contributed by atoms with Gasteiger partial charge in [0.05, 0.1) is 28.6 Å². The molecule has 12 heteroatoms. The number of aryl methyl sites for hydroxylation is 1. The lowest BCUT2D eigenvalue weighted by atomic mass is 10.0. The van der Waals surface area contributed by atoms with E-state index in [1.54, 1.807) is 24.1 Å². The Balaban J connectivity index is 1.69. The molecular weight excluding hydrogens is 585 g/mol. The van der Waals surface area contributed by atoms with Gasteiger partial charge in [0.1, 0.15) is 17.1 Å². The van der Waals surface area contributed by atoms with Crippen LogP contribution in [-0.2, 0) is 4.79 Å². The number of nitrogens with zero attached hydrogens (tertiary/aromatic N) is 6. The number of rotatable bonds is 5. The van der Waals surface area contributed by atoms with Gasteiger partial charge in [0.15, 0.2) is 23.1 Å². The second kappa shape index (κ2) is 11.2. The number of furan rings is 1. The first-order valence-corrected chi connectivity index (χ1v) is 14.6. The molecule has 5 heterocycles. The van der Waals surface area contributed by atoms with Crippen LogP contribution in [0, 0.1) is 24.4 Å². The molecule has 45 heavy (non-hydrogen) atoms. The highest BCUT2D eigenvalue weighted by molar-refractivity contribution is 5.96. The van der Waals surface area contributed by atoms with Crippen molar-refractivity contribution in [2.24, 2.45) is 0 Å². The quantitative estimate of drug-likeness (QED) is 0.222. The molecule has 0 unspecified atom stereocenters. The third kappa shape index (κ3) is 4.84. The van der Waals surface area contributed by atoms with Crippen LogP contribution in [0.2, 0.25) is 0 Å². The number of piperazine rings is 1. The number of carbonyl (C=O) groups excluding carboxylic acids is 1. The average molecular weight is 617 g/mol. The topological polar surface area (TPSA) is 97.4 Å². The largest absolute Gasteiger partial charge is 0.464 e. The minimum atomic E-state index is -1.34. The SMILES string of the molecule is C=CC(=O)N1C[C@H](C)N(c2nc(=O)n(-c3c(C)ccnc3C(C)C)c3nc(-c4c(F)c(F)cc5ccoc45)c(F)cc23)C[C@H]1C. The van der Waals surface area contributed by atoms with Gasteiger partial charge < -0.3 is 14.2 Å². The summed E-state index contributed by atoms with van der Waals surface area (Å²) >= 11 is 0. The minimum absolute atomic E-state index is 0.0211. The maximum atomic E-state index is 16.2. The van der Waals surface area contributed by atoms with Crippen LogP contribution < -0.4 is 10.6 Å². The number of benzene rings is 1. The molecule has 232 valence electrons. The standard InChI is InChI=1S/C33H31F3N6O3/c1-7-24(43)40-14-19(6)41(15-18(40)5)31-21-13-23(35)28(25-26(36)22(34)12-20-9-11-45-30(20)25)38-32(21)42(33(44)39-31)29-17(4)8-10-37-27(29)16(2)3/h7-13,16,18-19H,1,14-15H2,2-6H3/t18-,19+/m1/s1. The molecule has 2 atom stereocenters. The van der Waals surface area contributed by atoms with E-state index >= 15 is 8.78 Å². The number of halogens is 3. The average Bonchev–Trinajstić information content (AvgIpc) is 3.46. The summed E-state index contributed by atoms with van der Waals surface area (Å²) in [6.45, 7) is 13.5. The van der Waals surface area contributed by atoms with E-state index < -0.39 is 34.4 Å². The summed E-state index contributed by atoms with van der Waals surface area (Å²) in [5.74, 6) is -3.70. The van der Waals surface area contributed by atoms with Gasteiger partial charge in [0.2, 0.25) is 5.91 Å². The molecule has 4 aromatic heterocycles. The molecule has 1 fully saturated rings. The van der Waals surface area contributed by atoms with Crippen molar-refractivity contribution >= 4 is 33.7 Å². The van der Waals surface area contributed by atoms with E-state index in [0.29, 0.717) is 23.5 Å². The van der Waals surface area contributed by atoms with E-state index in [0.717, 1.165) is 12.1 Å². The predicted molar refractivity (Wildman–Crippen MR) is 165 cm³/mol. The molecule has 1 aliphatic heterocycles. The fourth-order valence-corrected chi connectivity index (χ4v) is 6.10. The Morgan fingerprint density at radius 2 is 1.84 bits per heavy atom. The van der Waals surface area contributed by atoms with Crippen LogP contribution in [0.3, 0.4) is 0 Å². The van der Waals surface area contributed by atoms with Crippen LogP contribution in [-0.4, -0.2) is 55.5 Å². The third-order valence-corrected chi connectivity index (χ3v) is 8.31. The zero-order valence-corrected chi connectivity index (χ0v) is 25.4. The van der Waals surface area contributed by atoms with Gasteiger partial charge in [0, 0.05) is 36.8 Å². The van der Waals surface area contributed by atoms with Crippen LogP contribution in [0.1, 0.15) is 44.9 Å². The molecule has 0 aliphatic carbocycles. The van der Waals surface area contributed by atoms with Crippen molar-refractivity contribution in [3.63, 3.8) is 0 Å². The van der Waals surface area contributed by atoms with E-state index in [1.807, 2.05) is 32.6 Å². The second-order valence-electron chi connectivity index (χ2n) is 11.7. The lowest BCUT2D eigenvalue weighted by Gasteiger charge is -2.44. The van der Waals surface area contributed by atoms with Gasteiger partial charge in [-0.25, -0.2) is 27.5 Å². The maximum Gasteiger partial charge on any atom is 0.355 e. The van der Waals surface area contributed by atoms with Gasteiger partial charge in [-0.05, 0) is 62.6 Å². The van der Waals surface area contributed by atoms with Gasteiger partial charge in [-0.15, -0.1) is 0 Å².